The quantitative estimate of drug-likeness (QED) is 0.0360. The first-order chi connectivity index (χ1) is 23.3. The first kappa shape index (κ1) is 45.8. The maximum atomic E-state index is 12.2. The smallest absolute Gasteiger partial charge is 0.306 e. The average molecular weight is 677 g/mol. The van der Waals surface area contributed by atoms with E-state index in [9.17, 15) is 24.9 Å². The molecule has 0 aliphatic heterocycles. The molecule has 0 heterocycles. The first-order valence-electron chi connectivity index (χ1n) is 19.3. The molecule has 278 valence electrons. The predicted molar refractivity (Wildman–Crippen MR) is 199 cm³/mol. The molecule has 0 bridgehead atoms. The average Bonchev–Trinajstić information content (AvgIpc) is 3.05. The summed E-state index contributed by atoms with van der Waals surface area (Å²) in [7, 11) is 0. The standard InChI is InChI=1S/C41H72O7/c1-4-5-21-28-37(43)29-23-18-14-12-15-19-24-30-38(44)31-26-33-40(45)47-35-39(34-42)48-41(46)32-25-20-16-11-9-7-6-8-10-13-17-22-27-36(2)3/h14-15,18-19,23-24,29-30,36-39,42-44H,4-13,16-17,20-22,25-28,31-35H2,1-3H3/b18-14-,19-15-,29-23+,30-24+/t37-,38-,39-/m0/s1. The second-order valence-corrected chi connectivity index (χ2v) is 13.5. The van der Waals surface area contributed by atoms with Gasteiger partial charge in [0, 0.05) is 12.8 Å². The van der Waals surface area contributed by atoms with Crippen LogP contribution in [0.15, 0.2) is 48.6 Å². The van der Waals surface area contributed by atoms with E-state index in [0.717, 1.165) is 57.3 Å². The summed E-state index contributed by atoms with van der Waals surface area (Å²) in [6, 6.07) is 0. The number of carbonyl (C=O) groups is 2. The summed E-state index contributed by atoms with van der Waals surface area (Å²) in [6.45, 7) is 6.17. The van der Waals surface area contributed by atoms with Crippen LogP contribution in [0, 0.1) is 5.92 Å². The van der Waals surface area contributed by atoms with Crippen LogP contribution in [0.25, 0.3) is 0 Å². The lowest BCUT2D eigenvalue weighted by atomic mass is 10.0. The minimum atomic E-state index is -0.857. The Morgan fingerprint density at radius 1 is 0.604 bits per heavy atom. The molecule has 3 N–H and O–H groups in total. The summed E-state index contributed by atoms with van der Waals surface area (Å²) in [5.74, 6) is 0.00619. The fraction of sp³-hybridized carbons (Fsp3) is 0.756. The number of hydrogen-bond acceptors (Lipinski definition) is 7. The molecule has 0 amide bonds. The van der Waals surface area contributed by atoms with Gasteiger partial charge in [-0.25, -0.2) is 0 Å². The number of carbonyl (C=O) groups excluding carboxylic acids is 2. The molecule has 0 saturated heterocycles. The van der Waals surface area contributed by atoms with Gasteiger partial charge in [0.15, 0.2) is 6.10 Å². The number of aliphatic hydroxyl groups excluding tert-OH is 3. The van der Waals surface area contributed by atoms with Crippen LogP contribution < -0.4 is 0 Å². The molecule has 48 heavy (non-hydrogen) atoms. The Morgan fingerprint density at radius 2 is 1.08 bits per heavy atom. The van der Waals surface area contributed by atoms with Crippen LogP contribution in [0.4, 0.5) is 0 Å². The van der Waals surface area contributed by atoms with Gasteiger partial charge in [0.25, 0.3) is 0 Å². The van der Waals surface area contributed by atoms with Gasteiger partial charge in [0.1, 0.15) is 6.61 Å². The minimum absolute atomic E-state index is 0.136. The van der Waals surface area contributed by atoms with E-state index < -0.39 is 24.8 Å². The highest BCUT2D eigenvalue weighted by molar-refractivity contribution is 5.70. The molecule has 0 aliphatic rings. The van der Waals surface area contributed by atoms with Crippen molar-refractivity contribution in [1.29, 1.82) is 0 Å². The number of rotatable bonds is 33. The number of aliphatic hydroxyl groups is 3. The van der Waals surface area contributed by atoms with Gasteiger partial charge in [0.2, 0.25) is 0 Å². The second-order valence-electron chi connectivity index (χ2n) is 13.5. The van der Waals surface area contributed by atoms with Gasteiger partial charge in [0.05, 0.1) is 18.8 Å². The van der Waals surface area contributed by atoms with E-state index in [1.165, 1.54) is 64.2 Å². The monoisotopic (exact) mass is 677 g/mol. The molecule has 0 aliphatic carbocycles. The number of allylic oxidation sites excluding steroid dienone is 6. The molecule has 0 radical (unpaired) electrons. The predicted octanol–water partition coefficient (Wildman–Crippen LogP) is 9.64. The summed E-state index contributed by atoms with van der Waals surface area (Å²) in [5, 5.41) is 29.5. The Balaban J connectivity index is 3.82. The van der Waals surface area contributed by atoms with Crippen LogP contribution in [0.5, 0.6) is 0 Å². The summed E-state index contributed by atoms with van der Waals surface area (Å²) in [5.41, 5.74) is 0. The zero-order chi connectivity index (χ0) is 35.5. The maximum absolute atomic E-state index is 12.2. The van der Waals surface area contributed by atoms with Crippen molar-refractivity contribution in [3.8, 4) is 0 Å². The molecular formula is C41H72O7. The van der Waals surface area contributed by atoms with Crippen LogP contribution in [-0.2, 0) is 19.1 Å². The van der Waals surface area contributed by atoms with Crippen LogP contribution in [0.2, 0.25) is 0 Å². The SMILES string of the molecule is CCCCC[C@H](O)/C=C/C=C\C/C=C\C=C\[C@H](O)CCCC(=O)OC[C@H](CO)OC(=O)CCCCCCCCCCCCCCC(C)C. The summed E-state index contributed by atoms with van der Waals surface area (Å²) in [6.07, 6.45) is 35.3. The topological polar surface area (TPSA) is 113 Å². The third-order valence-corrected chi connectivity index (χ3v) is 8.26. The second kappa shape index (κ2) is 34.6. The Labute approximate surface area is 294 Å². The van der Waals surface area contributed by atoms with Crippen LogP contribution in [0.1, 0.15) is 162 Å². The van der Waals surface area contributed by atoms with E-state index in [1.54, 1.807) is 12.2 Å². The van der Waals surface area contributed by atoms with E-state index in [0.29, 0.717) is 19.3 Å². The fourth-order valence-electron chi connectivity index (χ4n) is 5.25. The van der Waals surface area contributed by atoms with Gasteiger partial charge in [-0.1, -0.05) is 166 Å². The largest absolute Gasteiger partial charge is 0.462 e. The van der Waals surface area contributed by atoms with Crippen molar-refractivity contribution in [2.45, 2.75) is 180 Å². The molecular weight excluding hydrogens is 604 g/mol. The molecule has 3 atom stereocenters. The van der Waals surface area contributed by atoms with E-state index in [1.807, 2.05) is 36.5 Å². The normalized spacial score (nSPS) is 14.1. The highest BCUT2D eigenvalue weighted by Crippen LogP contribution is 2.15. The van der Waals surface area contributed by atoms with Crippen molar-refractivity contribution in [3.05, 3.63) is 48.6 Å². The molecule has 0 aromatic carbocycles. The number of esters is 2. The van der Waals surface area contributed by atoms with Crippen LogP contribution in [0.3, 0.4) is 0 Å². The van der Waals surface area contributed by atoms with Gasteiger partial charge in [-0.2, -0.15) is 0 Å². The molecule has 0 aromatic heterocycles. The highest BCUT2D eigenvalue weighted by atomic mass is 16.6. The Hall–Kier alpha value is -2.22. The highest BCUT2D eigenvalue weighted by Gasteiger charge is 2.16. The Bertz CT molecular complexity index is 861. The lowest BCUT2D eigenvalue weighted by Crippen LogP contribution is -2.28. The van der Waals surface area contributed by atoms with Gasteiger partial charge in [-0.05, 0) is 38.0 Å². The van der Waals surface area contributed by atoms with E-state index in [4.69, 9.17) is 9.47 Å². The minimum Gasteiger partial charge on any atom is -0.462 e. The van der Waals surface area contributed by atoms with Crippen molar-refractivity contribution in [2.24, 2.45) is 5.92 Å². The number of hydrogen-bond donors (Lipinski definition) is 3. The molecule has 0 spiro atoms. The lowest BCUT2D eigenvalue weighted by Gasteiger charge is -2.16. The van der Waals surface area contributed by atoms with Crippen molar-refractivity contribution in [3.63, 3.8) is 0 Å². The zero-order valence-electron chi connectivity index (χ0n) is 30.9. The van der Waals surface area contributed by atoms with Gasteiger partial charge in [-0.3, -0.25) is 9.59 Å². The molecule has 0 unspecified atom stereocenters. The molecule has 0 fully saturated rings. The van der Waals surface area contributed by atoms with Gasteiger partial charge < -0.3 is 24.8 Å². The van der Waals surface area contributed by atoms with Gasteiger partial charge in [-0.15, -0.1) is 0 Å². The van der Waals surface area contributed by atoms with E-state index in [-0.39, 0.29) is 25.1 Å². The molecule has 0 saturated carbocycles. The van der Waals surface area contributed by atoms with Crippen molar-refractivity contribution in [1.82, 2.24) is 0 Å². The fourth-order valence-corrected chi connectivity index (χ4v) is 5.25. The summed E-state index contributed by atoms with van der Waals surface area (Å²) in [4.78, 5) is 24.2. The van der Waals surface area contributed by atoms with Crippen molar-refractivity contribution >= 4 is 11.9 Å². The molecule has 7 heteroatoms. The first-order valence-corrected chi connectivity index (χ1v) is 19.3. The van der Waals surface area contributed by atoms with Crippen molar-refractivity contribution < 1.29 is 34.4 Å². The molecule has 0 aromatic rings. The third-order valence-electron chi connectivity index (χ3n) is 8.26. The van der Waals surface area contributed by atoms with Crippen LogP contribution >= 0.6 is 0 Å². The Kier molecular flexibility index (Phi) is 33.0. The zero-order valence-corrected chi connectivity index (χ0v) is 30.9. The number of unbranched alkanes of at least 4 members (excludes halogenated alkanes) is 13. The van der Waals surface area contributed by atoms with Gasteiger partial charge >= 0.3 is 11.9 Å². The lowest BCUT2D eigenvalue weighted by molar-refractivity contribution is -0.161. The number of ether oxygens (including phenoxy) is 2. The van der Waals surface area contributed by atoms with E-state index >= 15 is 0 Å². The van der Waals surface area contributed by atoms with E-state index in [2.05, 4.69) is 20.8 Å². The summed E-state index contributed by atoms with van der Waals surface area (Å²) < 4.78 is 10.5. The Morgan fingerprint density at radius 3 is 1.60 bits per heavy atom. The molecule has 0 rings (SSSR count). The third kappa shape index (κ3) is 33.7. The molecule has 7 nitrogen and oxygen atoms in total. The summed E-state index contributed by atoms with van der Waals surface area (Å²) >= 11 is 0. The maximum Gasteiger partial charge on any atom is 0.306 e. The van der Waals surface area contributed by atoms with Crippen molar-refractivity contribution in [2.75, 3.05) is 13.2 Å². The van der Waals surface area contributed by atoms with Crippen LogP contribution in [-0.4, -0.2) is 58.8 Å².